The molecule has 0 unspecified atom stereocenters. The van der Waals surface area contributed by atoms with Gasteiger partial charge < -0.3 is 5.73 Å². The van der Waals surface area contributed by atoms with Crippen molar-refractivity contribution in [2.24, 2.45) is 0 Å². The van der Waals surface area contributed by atoms with Crippen molar-refractivity contribution in [2.45, 2.75) is 6.18 Å². The van der Waals surface area contributed by atoms with Gasteiger partial charge in [0.05, 0.1) is 11.3 Å². The van der Waals surface area contributed by atoms with Gasteiger partial charge in [0.15, 0.2) is 0 Å². The van der Waals surface area contributed by atoms with Crippen molar-refractivity contribution >= 4 is 5.69 Å². The zero-order valence-corrected chi connectivity index (χ0v) is 7.94. The quantitative estimate of drug-likeness (QED) is 0.758. The van der Waals surface area contributed by atoms with Gasteiger partial charge in [0.1, 0.15) is 12.7 Å². The molecule has 1 aromatic heterocycles. The van der Waals surface area contributed by atoms with E-state index in [1.165, 1.54) is 29.5 Å². The minimum Gasteiger partial charge on any atom is -0.398 e. The van der Waals surface area contributed by atoms with Crippen LogP contribution in [0.25, 0.3) is 5.69 Å². The number of anilines is 1. The SMILES string of the molecule is Nc1ccc(-n2cncn2)cc1C(F)(F)F. The second-order valence-electron chi connectivity index (χ2n) is 3.11. The van der Waals surface area contributed by atoms with Gasteiger partial charge in [0.25, 0.3) is 0 Å². The Balaban J connectivity index is 2.52. The molecule has 0 atom stereocenters. The van der Waals surface area contributed by atoms with E-state index in [4.69, 9.17) is 5.73 Å². The van der Waals surface area contributed by atoms with Crippen LogP contribution in [-0.2, 0) is 6.18 Å². The van der Waals surface area contributed by atoms with Crippen LogP contribution in [0.3, 0.4) is 0 Å². The highest BCUT2D eigenvalue weighted by Gasteiger charge is 2.33. The minimum absolute atomic E-state index is 0.263. The van der Waals surface area contributed by atoms with Crippen molar-refractivity contribution in [1.82, 2.24) is 14.8 Å². The molecule has 16 heavy (non-hydrogen) atoms. The first kappa shape index (κ1) is 10.5. The molecule has 7 heteroatoms. The first-order chi connectivity index (χ1) is 7.48. The van der Waals surface area contributed by atoms with Crippen molar-refractivity contribution in [3.05, 3.63) is 36.4 Å². The summed E-state index contributed by atoms with van der Waals surface area (Å²) in [4.78, 5) is 3.65. The molecule has 0 aliphatic heterocycles. The van der Waals surface area contributed by atoms with Crippen LogP contribution in [0.4, 0.5) is 18.9 Å². The Labute approximate surface area is 88.5 Å². The van der Waals surface area contributed by atoms with Crippen LogP contribution in [0.1, 0.15) is 5.56 Å². The molecule has 0 saturated heterocycles. The highest BCUT2D eigenvalue weighted by molar-refractivity contribution is 5.53. The Bertz CT molecular complexity index is 490. The summed E-state index contributed by atoms with van der Waals surface area (Å²) < 4.78 is 38.9. The molecule has 0 fully saturated rings. The third-order valence-corrected chi connectivity index (χ3v) is 2.03. The van der Waals surface area contributed by atoms with Crippen molar-refractivity contribution in [3.8, 4) is 5.69 Å². The van der Waals surface area contributed by atoms with Crippen LogP contribution < -0.4 is 5.73 Å². The number of nitrogens with zero attached hydrogens (tertiary/aromatic N) is 3. The lowest BCUT2D eigenvalue weighted by Gasteiger charge is -2.11. The maximum absolute atomic E-state index is 12.5. The van der Waals surface area contributed by atoms with Crippen molar-refractivity contribution < 1.29 is 13.2 Å². The molecule has 0 amide bonds. The number of halogens is 3. The van der Waals surface area contributed by atoms with Crippen LogP contribution in [0.15, 0.2) is 30.9 Å². The summed E-state index contributed by atoms with van der Waals surface area (Å²) in [5.41, 5.74) is 4.34. The molecule has 84 valence electrons. The number of hydrogen-bond donors (Lipinski definition) is 1. The van der Waals surface area contributed by atoms with Crippen LogP contribution in [-0.4, -0.2) is 14.8 Å². The number of nitrogens with two attached hydrogens (primary N) is 1. The molecule has 0 spiro atoms. The molecule has 4 nitrogen and oxygen atoms in total. The molecule has 2 rings (SSSR count). The molecule has 0 aliphatic carbocycles. The highest BCUT2D eigenvalue weighted by atomic mass is 19.4. The minimum atomic E-state index is -4.47. The first-order valence-electron chi connectivity index (χ1n) is 4.30. The second kappa shape index (κ2) is 3.51. The van der Waals surface area contributed by atoms with Crippen molar-refractivity contribution in [2.75, 3.05) is 5.73 Å². The first-order valence-corrected chi connectivity index (χ1v) is 4.30. The fraction of sp³-hybridized carbons (Fsp3) is 0.111. The van der Waals surface area contributed by atoms with Crippen LogP contribution >= 0.6 is 0 Å². The Kier molecular flexibility index (Phi) is 2.30. The molecule has 2 N–H and O–H groups in total. The summed E-state index contributed by atoms with van der Waals surface area (Å²) in [5, 5.41) is 3.74. The van der Waals surface area contributed by atoms with E-state index in [2.05, 4.69) is 10.1 Å². The Morgan fingerprint density at radius 2 is 2.00 bits per heavy atom. The second-order valence-corrected chi connectivity index (χ2v) is 3.11. The predicted octanol–water partition coefficient (Wildman–Crippen LogP) is 1.87. The highest BCUT2D eigenvalue weighted by Crippen LogP contribution is 2.34. The molecule has 0 bridgehead atoms. The summed E-state index contributed by atoms with van der Waals surface area (Å²) in [6.45, 7) is 0. The van der Waals surface area contributed by atoms with Gasteiger partial charge in [-0.3, -0.25) is 0 Å². The van der Waals surface area contributed by atoms with E-state index in [1.54, 1.807) is 0 Å². The van der Waals surface area contributed by atoms with Gasteiger partial charge in [-0.25, -0.2) is 9.67 Å². The van der Waals surface area contributed by atoms with Gasteiger partial charge in [-0.1, -0.05) is 0 Å². The summed E-state index contributed by atoms with van der Waals surface area (Å²) in [6.07, 6.45) is -1.92. The van der Waals surface area contributed by atoms with E-state index >= 15 is 0 Å². The number of rotatable bonds is 1. The lowest BCUT2D eigenvalue weighted by Crippen LogP contribution is -2.10. The third kappa shape index (κ3) is 1.83. The summed E-state index contributed by atoms with van der Waals surface area (Å²) >= 11 is 0. The standard InChI is InChI=1S/C9H7F3N4/c10-9(11,12)7-3-6(1-2-8(7)13)16-5-14-4-15-16/h1-5H,13H2. The number of benzene rings is 1. The van der Waals surface area contributed by atoms with E-state index in [0.717, 1.165) is 6.07 Å². The van der Waals surface area contributed by atoms with Gasteiger partial charge in [-0.15, -0.1) is 0 Å². The van der Waals surface area contributed by atoms with E-state index in [-0.39, 0.29) is 11.4 Å². The van der Waals surface area contributed by atoms with Gasteiger partial charge in [0.2, 0.25) is 0 Å². The molecule has 0 radical (unpaired) electrons. The monoisotopic (exact) mass is 228 g/mol. The lowest BCUT2D eigenvalue weighted by molar-refractivity contribution is -0.136. The average molecular weight is 228 g/mol. The maximum atomic E-state index is 12.5. The predicted molar refractivity (Wildman–Crippen MR) is 50.8 cm³/mol. The van der Waals surface area contributed by atoms with Crippen molar-refractivity contribution in [1.29, 1.82) is 0 Å². The number of hydrogen-bond acceptors (Lipinski definition) is 3. The van der Waals surface area contributed by atoms with E-state index < -0.39 is 11.7 Å². The maximum Gasteiger partial charge on any atom is 0.418 e. The molecular weight excluding hydrogens is 221 g/mol. The van der Waals surface area contributed by atoms with Crippen molar-refractivity contribution in [3.63, 3.8) is 0 Å². The topological polar surface area (TPSA) is 56.7 Å². The molecule has 0 saturated carbocycles. The summed E-state index contributed by atoms with van der Waals surface area (Å²) in [5.74, 6) is 0. The van der Waals surface area contributed by atoms with E-state index in [0.29, 0.717) is 0 Å². The summed E-state index contributed by atoms with van der Waals surface area (Å²) in [7, 11) is 0. The largest absolute Gasteiger partial charge is 0.418 e. The normalized spacial score (nSPS) is 11.7. The zero-order valence-electron chi connectivity index (χ0n) is 7.94. The molecule has 1 aromatic carbocycles. The Hall–Kier alpha value is -2.05. The van der Waals surface area contributed by atoms with Gasteiger partial charge in [0, 0.05) is 5.69 Å². The van der Waals surface area contributed by atoms with E-state index in [9.17, 15) is 13.2 Å². The fourth-order valence-corrected chi connectivity index (χ4v) is 1.27. The number of alkyl halides is 3. The Morgan fingerprint density at radius 3 is 2.56 bits per heavy atom. The molecule has 0 aliphatic rings. The Morgan fingerprint density at radius 1 is 1.25 bits per heavy atom. The zero-order chi connectivity index (χ0) is 11.8. The summed E-state index contributed by atoms with van der Waals surface area (Å²) in [6, 6.07) is 3.57. The van der Waals surface area contributed by atoms with Gasteiger partial charge >= 0.3 is 6.18 Å². The third-order valence-electron chi connectivity index (χ3n) is 2.03. The molecule has 2 aromatic rings. The smallest absolute Gasteiger partial charge is 0.398 e. The molecular formula is C9H7F3N4. The van der Waals surface area contributed by atoms with E-state index in [1.807, 2.05) is 0 Å². The fourth-order valence-electron chi connectivity index (χ4n) is 1.27. The van der Waals surface area contributed by atoms with Crippen LogP contribution in [0, 0.1) is 0 Å². The number of nitrogen functional groups attached to an aromatic ring is 1. The molecule has 1 heterocycles. The van der Waals surface area contributed by atoms with Gasteiger partial charge in [-0.05, 0) is 18.2 Å². The van der Waals surface area contributed by atoms with Crippen LogP contribution in [0.5, 0.6) is 0 Å². The lowest BCUT2D eigenvalue weighted by atomic mass is 10.1. The number of aromatic nitrogens is 3. The van der Waals surface area contributed by atoms with Crippen LogP contribution in [0.2, 0.25) is 0 Å². The average Bonchev–Trinajstić information content (AvgIpc) is 2.69. The van der Waals surface area contributed by atoms with Gasteiger partial charge in [-0.2, -0.15) is 18.3 Å².